The van der Waals surface area contributed by atoms with E-state index < -0.39 is 5.92 Å². The molecule has 0 spiro atoms. The van der Waals surface area contributed by atoms with E-state index in [0.717, 1.165) is 24.2 Å². The first kappa shape index (κ1) is 16.4. The van der Waals surface area contributed by atoms with Crippen LogP contribution in [0.1, 0.15) is 44.2 Å². The van der Waals surface area contributed by atoms with Crippen LogP contribution in [0.5, 0.6) is 5.75 Å². The van der Waals surface area contributed by atoms with Gasteiger partial charge in [0.2, 0.25) is 0 Å². The molecule has 0 bridgehead atoms. The number of rotatable bonds is 8. The highest BCUT2D eigenvalue weighted by molar-refractivity contribution is 6.00. The highest BCUT2D eigenvalue weighted by Gasteiger charge is 2.18. The Kier molecular flexibility index (Phi) is 6.43. The van der Waals surface area contributed by atoms with Crippen molar-refractivity contribution in [3.8, 4) is 5.75 Å². The first-order valence-corrected chi connectivity index (χ1v) is 7.12. The van der Waals surface area contributed by atoms with Crippen LogP contribution < -0.4 is 4.74 Å². The smallest absolute Gasteiger partial charge is 0.140 e. The molecule has 0 aliphatic heterocycles. The lowest BCUT2D eigenvalue weighted by atomic mass is 9.94. The quantitative estimate of drug-likeness (QED) is 0.537. The van der Waals surface area contributed by atoms with Gasteiger partial charge in [-0.05, 0) is 58.6 Å². The Bertz CT molecular complexity index is 463. The molecule has 3 heteroatoms. The Labute approximate surface area is 121 Å². The minimum atomic E-state index is -0.434. The summed E-state index contributed by atoms with van der Waals surface area (Å²) in [6, 6.07) is 6.11. The van der Waals surface area contributed by atoms with E-state index >= 15 is 0 Å². The lowest BCUT2D eigenvalue weighted by molar-refractivity contribution is -0.130. The first-order valence-electron chi connectivity index (χ1n) is 7.12. The van der Waals surface area contributed by atoms with Gasteiger partial charge in [0.05, 0.1) is 12.5 Å². The molecule has 1 aromatic rings. The summed E-state index contributed by atoms with van der Waals surface area (Å²) in [6.07, 6.45) is 2.31. The standard InChI is InChI=1S/C17H24O3/c1-12-8-9-17(13(2)11-12)20-10-6-5-7-16(14(3)18)15(4)19/h8-9,11,16H,5-7,10H2,1-4H3. The second-order valence-electron chi connectivity index (χ2n) is 5.39. The zero-order valence-corrected chi connectivity index (χ0v) is 12.9. The van der Waals surface area contributed by atoms with Gasteiger partial charge in [-0.25, -0.2) is 0 Å². The summed E-state index contributed by atoms with van der Waals surface area (Å²) >= 11 is 0. The highest BCUT2D eigenvalue weighted by atomic mass is 16.5. The molecule has 0 atom stereocenters. The second kappa shape index (κ2) is 7.83. The van der Waals surface area contributed by atoms with Gasteiger partial charge in [-0.1, -0.05) is 17.7 Å². The van der Waals surface area contributed by atoms with Gasteiger partial charge in [-0.15, -0.1) is 0 Å². The van der Waals surface area contributed by atoms with Gasteiger partial charge in [0.15, 0.2) is 0 Å². The van der Waals surface area contributed by atoms with E-state index in [1.165, 1.54) is 19.4 Å². The average molecular weight is 276 g/mol. The van der Waals surface area contributed by atoms with Crippen LogP contribution in [0.4, 0.5) is 0 Å². The molecule has 3 nitrogen and oxygen atoms in total. The van der Waals surface area contributed by atoms with E-state index in [-0.39, 0.29) is 11.6 Å². The molecule has 0 aliphatic rings. The van der Waals surface area contributed by atoms with Gasteiger partial charge < -0.3 is 4.74 Å². The Morgan fingerprint density at radius 3 is 2.30 bits per heavy atom. The molecule has 0 saturated carbocycles. The van der Waals surface area contributed by atoms with Crippen LogP contribution in [0, 0.1) is 19.8 Å². The summed E-state index contributed by atoms with van der Waals surface area (Å²) in [5.74, 6) is 0.405. The van der Waals surface area contributed by atoms with Crippen LogP contribution in [-0.2, 0) is 9.59 Å². The lowest BCUT2D eigenvalue weighted by Crippen LogP contribution is -2.19. The predicted octanol–water partition coefficient (Wildman–Crippen LogP) is 3.65. The van der Waals surface area contributed by atoms with Crippen LogP contribution in [-0.4, -0.2) is 18.2 Å². The molecular weight excluding hydrogens is 252 g/mol. The predicted molar refractivity (Wildman–Crippen MR) is 80.1 cm³/mol. The molecule has 0 amide bonds. The van der Waals surface area contributed by atoms with Crippen molar-refractivity contribution in [2.45, 2.75) is 47.0 Å². The number of aryl methyl sites for hydroxylation is 2. The number of hydrogen-bond donors (Lipinski definition) is 0. The largest absolute Gasteiger partial charge is 0.493 e. The van der Waals surface area contributed by atoms with Crippen LogP contribution in [0.2, 0.25) is 0 Å². The van der Waals surface area contributed by atoms with Crippen molar-refractivity contribution in [3.05, 3.63) is 29.3 Å². The zero-order chi connectivity index (χ0) is 15.1. The summed E-state index contributed by atoms with van der Waals surface area (Å²) in [5, 5.41) is 0. The van der Waals surface area contributed by atoms with E-state index in [0.29, 0.717) is 13.0 Å². The number of carbonyl (C=O) groups is 2. The van der Waals surface area contributed by atoms with Crippen molar-refractivity contribution in [2.75, 3.05) is 6.61 Å². The molecule has 110 valence electrons. The molecule has 1 aromatic carbocycles. The number of ketones is 2. The molecule has 0 aromatic heterocycles. The molecular formula is C17H24O3. The van der Waals surface area contributed by atoms with Gasteiger partial charge in [-0.3, -0.25) is 9.59 Å². The normalized spacial score (nSPS) is 10.7. The molecule has 0 heterocycles. The highest BCUT2D eigenvalue weighted by Crippen LogP contribution is 2.19. The minimum Gasteiger partial charge on any atom is -0.493 e. The summed E-state index contributed by atoms with van der Waals surface area (Å²) in [6.45, 7) is 7.67. The lowest BCUT2D eigenvalue weighted by Gasteiger charge is -2.11. The maximum atomic E-state index is 11.3. The maximum absolute atomic E-state index is 11.3. The first-order chi connectivity index (χ1) is 9.41. The Balaban J connectivity index is 2.31. The van der Waals surface area contributed by atoms with Gasteiger partial charge >= 0.3 is 0 Å². The van der Waals surface area contributed by atoms with Crippen molar-refractivity contribution in [2.24, 2.45) is 5.92 Å². The van der Waals surface area contributed by atoms with Gasteiger partial charge in [0, 0.05) is 0 Å². The monoisotopic (exact) mass is 276 g/mol. The van der Waals surface area contributed by atoms with E-state index in [9.17, 15) is 9.59 Å². The number of benzene rings is 1. The van der Waals surface area contributed by atoms with Crippen molar-refractivity contribution >= 4 is 11.6 Å². The molecule has 0 fully saturated rings. The van der Waals surface area contributed by atoms with Gasteiger partial charge in [-0.2, -0.15) is 0 Å². The molecule has 20 heavy (non-hydrogen) atoms. The van der Waals surface area contributed by atoms with E-state index in [1.54, 1.807) is 0 Å². The van der Waals surface area contributed by atoms with Crippen LogP contribution in [0.15, 0.2) is 18.2 Å². The molecule has 0 aliphatic carbocycles. The van der Waals surface area contributed by atoms with Crippen molar-refractivity contribution in [1.29, 1.82) is 0 Å². The van der Waals surface area contributed by atoms with Crippen LogP contribution in [0.25, 0.3) is 0 Å². The number of unbranched alkanes of at least 4 members (excludes halogenated alkanes) is 1. The second-order valence-corrected chi connectivity index (χ2v) is 5.39. The average Bonchev–Trinajstić information content (AvgIpc) is 2.34. The van der Waals surface area contributed by atoms with Gasteiger partial charge in [0.1, 0.15) is 17.3 Å². The van der Waals surface area contributed by atoms with Gasteiger partial charge in [0.25, 0.3) is 0 Å². The van der Waals surface area contributed by atoms with Crippen molar-refractivity contribution < 1.29 is 14.3 Å². The Morgan fingerprint density at radius 1 is 1.10 bits per heavy atom. The van der Waals surface area contributed by atoms with Crippen molar-refractivity contribution in [3.63, 3.8) is 0 Å². The topological polar surface area (TPSA) is 43.4 Å². The van der Waals surface area contributed by atoms with Crippen LogP contribution >= 0.6 is 0 Å². The number of carbonyl (C=O) groups excluding carboxylic acids is 2. The fraction of sp³-hybridized carbons (Fsp3) is 0.529. The third-order valence-corrected chi connectivity index (χ3v) is 3.46. The Morgan fingerprint density at radius 2 is 1.75 bits per heavy atom. The minimum absolute atomic E-state index is 0.0344. The third kappa shape index (κ3) is 5.16. The summed E-state index contributed by atoms with van der Waals surface area (Å²) < 4.78 is 5.72. The summed E-state index contributed by atoms with van der Waals surface area (Å²) in [5.41, 5.74) is 2.36. The number of hydrogen-bond acceptors (Lipinski definition) is 3. The maximum Gasteiger partial charge on any atom is 0.140 e. The molecule has 0 N–H and O–H groups in total. The molecule has 0 radical (unpaired) electrons. The molecule has 0 unspecified atom stereocenters. The summed E-state index contributed by atoms with van der Waals surface area (Å²) in [7, 11) is 0. The molecule has 1 rings (SSSR count). The zero-order valence-electron chi connectivity index (χ0n) is 12.9. The number of Topliss-reactive ketones (excluding diaryl/α,β-unsaturated/α-hetero) is 2. The number of ether oxygens (including phenoxy) is 1. The fourth-order valence-corrected chi connectivity index (χ4v) is 2.29. The fourth-order valence-electron chi connectivity index (χ4n) is 2.29. The third-order valence-electron chi connectivity index (χ3n) is 3.46. The SMILES string of the molecule is CC(=O)C(CCCCOc1ccc(C)cc1C)C(C)=O. The van der Waals surface area contributed by atoms with E-state index in [2.05, 4.69) is 13.0 Å². The van der Waals surface area contributed by atoms with Crippen LogP contribution in [0.3, 0.4) is 0 Å². The van der Waals surface area contributed by atoms with Crippen molar-refractivity contribution in [1.82, 2.24) is 0 Å². The van der Waals surface area contributed by atoms with E-state index in [1.807, 2.05) is 19.1 Å². The summed E-state index contributed by atoms with van der Waals surface area (Å²) in [4.78, 5) is 22.6. The molecule has 0 saturated heterocycles. The van der Waals surface area contributed by atoms with E-state index in [4.69, 9.17) is 4.74 Å². The Hall–Kier alpha value is -1.64.